The molecule has 2 rings (SSSR count). The molecule has 23 heavy (non-hydrogen) atoms. The number of nitro groups is 1. The van der Waals surface area contributed by atoms with Crippen LogP contribution in [0.2, 0.25) is 0 Å². The molecular weight excluding hydrogens is 306 g/mol. The van der Waals surface area contributed by atoms with Crippen LogP contribution in [-0.4, -0.2) is 41.3 Å². The molecule has 0 radical (unpaired) electrons. The summed E-state index contributed by atoms with van der Waals surface area (Å²) in [6, 6.07) is 2.63. The lowest BCUT2D eigenvalue weighted by molar-refractivity contribution is -0.384. The normalized spacial score (nSPS) is 10.2. The average Bonchev–Trinajstić information content (AvgIpc) is 3.03. The van der Waals surface area contributed by atoms with Gasteiger partial charge in [-0.3, -0.25) is 14.7 Å². The zero-order valence-electron chi connectivity index (χ0n) is 12.8. The van der Waals surface area contributed by atoms with Gasteiger partial charge >= 0.3 is 5.97 Å². The Kier molecular flexibility index (Phi) is 4.79. The molecule has 9 heteroatoms. The van der Waals surface area contributed by atoms with Gasteiger partial charge in [0, 0.05) is 6.07 Å². The second-order valence-electron chi connectivity index (χ2n) is 4.32. The number of esters is 1. The Bertz CT molecular complexity index is 740. The van der Waals surface area contributed by atoms with E-state index >= 15 is 0 Å². The predicted molar refractivity (Wildman–Crippen MR) is 79.3 cm³/mol. The number of imidazole rings is 1. The summed E-state index contributed by atoms with van der Waals surface area (Å²) in [6.45, 7) is 1.84. The van der Waals surface area contributed by atoms with Crippen LogP contribution < -0.4 is 9.47 Å². The molecule has 1 aromatic carbocycles. The Morgan fingerprint density at radius 2 is 1.96 bits per heavy atom. The summed E-state index contributed by atoms with van der Waals surface area (Å²) in [5.74, 6) is -0.133. The Hall–Kier alpha value is -3.10. The lowest BCUT2D eigenvalue weighted by Crippen LogP contribution is -2.12. The Morgan fingerprint density at radius 3 is 2.52 bits per heavy atom. The fourth-order valence-electron chi connectivity index (χ4n) is 2.04. The predicted octanol–water partition coefficient (Wildman–Crippen LogP) is 1.97. The van der Waals surface area contributed by atoms with E-state index < -0.39 is 10.9 Å². The highest BCUT2D eigenvalue weighted by molar-refractivity contribution is 5.88. The maximum absolute atomic E-state index is 11.9. The first-order valence-corrected chi connectivity index (χ1v) is 6.63. The van der Waals surface area contributed by atoms with Gasteiger partial charge in [-0.25, -0.2) is 9.78 Å². The summed E-state index contributed by atoms with van der Waals surface area (Å²) in [7, 11) is 2.79. The van der Waals surface area contributed by atoms with Crippen LogP contribution in [0.4, 0.5) is 5.69 Å². The first-order chi connectivity index (χ1) is 11.0. The number of carbonyl (C=O) groups is 1. The van der Waals surface area contributed by atoms with Gasteiger partial charge in [-0.15, -0.1) is 0 Å². The highest BCUT2D eigenvalue weighted by Crippen LogP contribution is 2.36. The van der Waals surface area contributed by atoms with E-state index in [1.165, 1.54) is 43.4 Å². The summed E-state index contributed by atoms with van der Waals surface area (Å²) in [5.41, 5.74) is -0.0680. The van der Waals surface area contributed by atoms with Crippen LogP contribution in [0.3, 0.4) is 0 Å². The highest BCUT2D eigenvalue weighted by Gasteiger charge is 2.24. The van der Waals surface area contributed by atoms with Crippen LogP contribution in [0.15, 0.2) is 24.7 Å². The van der Waals surface area contributed by atoms with E-state index in [0.717, 1.165) is 0 Å². The molecule has 0 saturated carbocycles. The number of aromatic nitrogens is 2. The first-order valence-electron chi connectivity index (χ1n) is 6.63. The van der Waals surface area contributed by atoms with E-state index in [0.29, 0.717) is 0 Å². The van der Waals surface area contributed by atoms with Crippen molar-refractivity contribution in [1.29, 1.82) is 0 Å². The van der Waals surface area contributed by atoms with Gasteiger partial charge in [0.1, 0.15) is 12.0 Å². The van der Waals surface area contributed by atoms with Crippen molar-refractivity contribution >= 4 is 11.7 Å². The minimum absolute atomic E-state index is 0.0715. The van der Waals surface area contributed by atoms with Crippen LogP contribution in [0.1, 0.15) is 17.4 Å². The molecular formula is C14H15N3O6. The highest BCUT2D eigenvalue weighted by atomic mass is 16.6. The number of hydrogen-bond donors (Lipinski definition) is 0. The second kappa shape index (κ2) is 6.77. The monoisotopic (exact) mass is 321 g/mol. The molecule has 1 heterocycles. The van der Waals surface area contributed by atoms with Crippen molar-refractivity contribution in [2.24, 2.45) is 0 Å². The van der Waals surface area contributed by atoms with Crippen LogP contribution in [-0.2, 0) is 4.74 Å². The topological polar surface area (TPSA) is 106 Å². The Balaban J connectivity index is 2.65. The fraction of sp³-hybridized carbons (Fsp3) is 0.286. The van der Waals surface area contributed by atoms with Gasteiger partial charge in [-0.2, -0.15) is 0 Å². The molecule has 0 aliphatic rings. The third-order valence-corrected chi connectivity index (χ3v) is 3.06. The third-order valence-electron chi connectivity index (χ3n) is 3.06. The fourth-order valence-corrected chi connectivity index (χ4v) is 2.04. The van der Waals surface area contributed by atoms with Crippen LogP contribution in [0.5, 0.6) is 11.5 Å². The van der Waals surface area contributed by atoms with Crippen LogP contribution >= 0.6 is 0 Å². The number of nitro benzene ring substituents is 1. The average molecular weight is 321 g/mol. The number of benzene rings is 1. The lowest BCUT2D eigenvalue weighted by atomic mass is 10.2. The maximum Gasteiger partial charge on any atom is 0.356 e. The van der Waals surface area contributed by atoms with Crippen molar-refractivity contribution in [3.63, 3.8) is 0 Å². The number of methoxy groups -OCH3 is 2. The number of ether oxygens (including phenoxy) is 3. The molecule has 0 aliphatic carbocycles. The maximum atomic E-state index is 11.9. The van der Waals surface area contributed by atoms with Gasteiger partial charge in [-0.1, -0.05) is 0 Å². The van der Waals surface area contributed by atoms with Gasteiger partial charge in [0.2, 0.25) is 0 Å². The van der Waals surface area contributed by atoms with Gasteiger partial charge in [0.05, 0.1) is 38.0 Å². The largest absolute Gasteiger partial charge is 0.493 e. The molecule has 2 aromatic rings. The smallest absolute Gasteiger partial charge is 0.356 e. The molecule has 0 unspecified atom stereocenters. The quantitative estimate of drug-likeness (QED) is 0.455. The summed E-state index contributed by atoms with van der Waals surface area (Å²) in [5, 5.41) is 11.4. The molecule has 0 atom stereocenters. The molecule has 9 nitrogen and oxygen atoms in total. The Morgan fingerprint density at radius 1 is 1.30 bits per heavy atom. The summed E-state index contributed by atoms with van der Waals surface area (Å²) in [6.07, 6.45) is 2.57. The van der Waals surface area contributed by atoms with Gasteiger partial charge in [-0.05, 0) is 6.92 Å². The molecule has 0 aliphatic heterocycles. The SMILES string of the molecule is CCOC(=O)c1cncn1-c1cc(OC)c(OC)cc1[N+](=O)[O-]. The van der Waals surface area contributed by atoms with E-state index in [4.69, 9.17) is 14.2 Å². The van der Waals surface area contributed by atoms with Crippen molar-refractivity contribution in [2.45, 2.75) is 6.92 Å². The molecule has 1 aromatic heterocycles. The molecule has 0 spiro atoms. The summed E-state index contributed by atoms with van der Waals surface area (Å²) in [4.78, 5) is 26.6. The zero-order chi connectivity index (χ0) is 17.0. The molecule has 0 amide bonds. The van der Waals surface area contributed by atoms with Crippen molar-refractivity contribution in [2.75, 3.05) is 20.8 Å². The molecule has 122 valence electrons. The Labute approximate surface area is 131 Å². The third kappa shape index (κ3) is 3.07. The molecule has 0 fully saturated rings. The van der Waals surface area contributed by atoms with Crippen molar-refractivity contribution in [3.05, 3.63) is 40.5 Å². The van der Waals surface area contributed by atoms with Crippen LogP contribution in [0.25, 0.3) is 5.69 Å². The first kappa shape index (κ1) is 16.3. The number of hydrogen-bond acceptors (Lipinski definition) is 7. The summed E-state index contributed by atoms with van der Waals surface area (Å²) < 4.78 is 16.4. The molecule has 0 saturated heterocycles. The summed E-state index contributed by atoms with van der Waals surface area (Å²) >= 11 is 0. The van der Waals surface area contributed by atoms with E-state index in [2.05, 4.69) is 4.98 Å². The zero-order valence-corrected chi connectivity index (χ0v) is 12.8. The standard InChI is InChI=1S/C14H15N3O6/c1-4-23-14(18)11-7-15-8-16(11)9-5-12(21-2)13(22-3)6-10(9)17(19)20/h5-8H,4H2,1-3H3. The second-order valence-corrected chi connectivity index (χ2v) is 4.32. The van der Waals surface area contributed by atoms with Gasteiger partial charge in [0.25, 0.3) is 5.69 Å². The number of carbonyl (C=O) groups excluding carboxylic acids is 1. The van der Waals surface area contributed by atoms with E-state index in [1.807, 2.05) is 0 Å². The van der Waals surface area contributed by atoms with Crippen molar-refractivity contribution in [3.8, 4) is 17.2 Å². The lowest BCUT2D eigenvalue weighted by Gasteiger charge is -2.12. The van der Waals surface area contributed by atoms with E-state index in [-0.39, 0.29) is 35.2 Å². The van der Waals surface area contributed by atoms with Crippen molar-refractivity contribution in [1.82, 2.24) is 9.55 Å². The van der Waals surface area contributed by atoms with Gasteiger partial charge in [0.15, 0.2) is 17.2 Å². The van der Waals surface area contributed by atoms with Crippen molar-refractivity contribution < 1.29 is 23.9 Å². The van der Waals surface area contributed by atoms with E-state index in [9.17, 15) is 14.9 Å². The molecule has 0 N–H and O–H groups in total. The minimum Gasteiger partial charge on any atom is -0.493 e. The number of rotatable bonds is 6. The number of nitrogens with zero attached hydrogens (tertiary/aromatic N) is 3. The van der Waals surface area contributed by atoms with E-state index in [1.54, 1.807) is 6.92 Å². The minimum atomic E-state index is -0.630. The van der Waals surface area contributed by atoms with Gasteiger partial charge < -0.3 is 14.2 Å². The molecule has 0 bridgehead atoms. The van der Waals surface area contributed by atoms with Crippen LogP contribution in [0, 0.1) is 10.1 Å².